The number of carbonyl (C=O) groups excluding carboxylic acids is 2. The van der Waals surface area contributed by atoms with E-state index in [2.05, 4.69) is 4.98 Å². The molecule has 5 heteroatoms. The number of hydrogen-bond donors (Lipinski definition) is 1. The molecule has 16 heavy (non-hydrogen) atoms. The monoisotopic (exact) mass is 221 g/mol. The van der Waals surface area contributed by atoms with Crippen LogP contribution in [0.3, 0.4) is 0 Å². The Kier molecular flexibility index (Phi) is 3.99. The number of likely N-dealkylation sites (N-methyl/N-ethyl adjacent to an activating group) is 1. The summed E-state index contributed by atoms with van der Waals surface area (Å²) in [5.74, 6) is 0.286. The highest BCUT2D eigenvalue weighted by Gasteiger charge is 2.11. The lowest BCUT2D eigenvalue weighted by Crippen LogP contribution is -2.34. The van der Waals surface area contributed by atoms with Crippen molar-refractivity contribution in [3.05, 3.63) is 23.4 Å². The van der Waals surface area contributed by atoms with Crippen molar-refractivity contribution in [1.29, 1.82) is 0 Å². The average molecular weight is 221 g/mol. The molecule has 0 aliphatic heterocycles. The standard InChI is InChI=1S/C11H15N3O2/c1-3-14(6-10(12)16)11-8(2)4-9(7-15)5-13-11/h4-5,7H,3,6H2,1-2H3,(H2,12,16). The van der Waals surface area contributed by atoms with E-state index in [9.17, 15) is 9.59 Å². The minimum absolute atomic E-state index is 0.130. The lowest BCUT2D eigenvalue weighted by atomic mass is 10.2. The fourth-order valence-corrected chi connectivity index (χ4v) is 1.51. The maximum atomic E-state index is 10.9. The second-order valence-electron chi connectivity index (χ2n) is 3.51. The minimum Gasteiger partial charge on any atom is -0.368 e. The fraction of sp³-hybridized carbons (Fsp3) is 0.364. The smallest absolute Gasteiger partial charge is 0.236 e. The van der Waals surface area contributed by atoms with Crippen LogP contribution >= 0.6 is 0 Å². The molecule has 1 rings (SSSR count). The number of rotatable bonds is 5. The highest BCUT2D eigenvalue weighted by atomic mass is 16.1. The Morgan fingerprint density at radius 1 is 1.62 bits per heavy atom. The average Bonchev–Trinajstić information content (AvgIpc) is 2.25. The van der Waals surface area contributed by atoms with Gasteiger partial charge in [-0.1, -0.05) is 0 Å². The number of amides is 1. The quantitative estimate of drug-likeness (QED) is 0.735. The van der Waals surface area contributed by atoms with Crippen molar-refractivity contribution in [1.82, 2.24) is 4.98 Å². The third-order valence-electron chi connectivity index (χ3n) is 2.24. The van der Waals surface area contributed by atoms with Gasteiger partial charge in [-0.05, 0) is 25.5 Å². The summed E-state index contributed by atoms with van der Waals surface area (Å²) in [7, 11) is 0. The summed E-state index contributed by atoms with van der Waals surface area (Å²) in [6.45, 7) is 4.53. The third kappa shape index (κ3) is 2.79. The number of aromatic nitrogens is 1. The van der Waals surface area contributed by atoms with E-state index in [0.717, 1.165) is 11.8 Å². The van der Waals surface area contributed by atoms with Gasteiger partial charge in [0.1, 0.15) is 5.82 Å². The van der Waals surface area contributed by atoms with Gasteiger partial charge in [-0.2, -0.15) is 0 Å². The third-order valence-corrected chi connectivity index (χ3v) is 2.24. The molecule has 0 aliphatic rings. The van der Waals surface area contributed by atoms with Crippen LogP contribution in [0.4, 0.5) is 5.82 Å². The van der Waals surface area contributed by atoms with Gasteiger partial charge < -0.3 is 10.6 Å². The van der Waals surface area contributed by atoms with Crippen molar-refractivity contribution in [2.45, 2.75) is 13.8 Å². The van der Waals surface area contributed by atoms with Gasteiger partial charge in [0.2, 0.25) is 5.91 Å². The Balaban J connectivity index is 3.01. The molecule has 0 saturated carbocycles. The maximum absolute atomic E-state index is 10.9. The fourth-order valence-electron chi connectivity index (χ4n) is 1.51. The topological polar surface area (TPSA) is 76.3 Å². The molecular formula is C11H15N3O2. The molecule has 1 aromatic rings. The maximum Gasteiger partial charge on any atom is 0.236 e. The van der Waals surface area contributed by atoms with Crippen LogP contribution in [0.5, 0.6) is 0 Å². The van der Waals surface area contributed by atoms with Crippen molar-refractivity contribution in [2.24, 2.45) is 5.73 Å². The molecule has 0 saturated heterocycles. The van der Waals surface area contributed by atoms with Crippen LogP contribution in [0.25, 0.3) is 0 Å². The SMILES string of the molecule is CCN(CC(N)=O)c1ncc(C=O)cc1C. The lowest BCUT2D eigenvalue weighted by Gasteiger charge is -2.21. The molecule has 0 aliphatic carbocycles. The van der Waals surface area contributed by atoms with Gasteiger partial charge in [-0.15, -0.1) is 0 Å². The number of nitrogens with two attached hydrogens (primary N) is 1. The second-order valence-corrected chi connectivity index (χ2v) is 3.51. The van der Waals surface area contributed by atoms with E-state index in [1.165, 1.54) is 6.20 Å². The summed E-state index contributed by atoms with van der Waals surface area (Å²) in [4.78, 5) is 27.4. The van der Waals surface area contributed by atoms with Gasteiger partial charge in [-0.25, -0.2) is 4.98 Å². The van der Waals surface area contributed by atoms with Gasteiger partial charge in [0.05, 0.1) is 6.54 Å². The molecule has 1 aromatic heterocycles. The van der Waals surface area contributed by atoms with Crippen LogP contribution in [-0.4, -0.2) is 30.3 Å². The van der Waals surface area contributed by atoms with E-state index in [1.807, 2.05) is 13.8 Å². The van der Waals surface area contributed by atoms with E-state index in [4.69, 9.17) is 5.73 Å². The molecule has 0 bridgehead atoms. The van der Waals surface area contributed by atoms with E-state index < -0.39 is 5.91 Å². The summed E-state index contributed by atoms with van der Waals surface area (Å²) in [6.07, 6.45) is 2.23. The predicted octanol–water partition coefficient (Wildman–Crippen LogP) is 0.514. The number of carbonyl (C=O) groups is 2. The molecule has 86 valence electrons. The van der Waals surface area contributed by atoms with Crippen LogP contribution in [0.1, 0.15) is 22.8 Å². The van der Waals surface area contributed by atoms with Gasteiger partial charge in [0.25, 0.3) is 0 Å². The molecular weight excluding hydrogens is 206 g/mol. The van der Waals surface area contributed by atoms with E-state index in [-0.39, 0.29) is 6.54 Å². The minimum atomic E-state index is -0.400. The molecule has 5 nitrogen and oxygen atoms in total. The van der Waals surface area contributed by atoms with E-state index >= 15 is 0 Å². The Morgan fingerprint density at radius 3 is 2.75 bits per heavy atom. The first-order valence-electron chi connectivity index (χ1n) is 5.03. The van der Waals surface area contributed by atoms with Crippen LogP contribution in [-0.2, 0) is 4.79 Å². The number of primary amides is 1. The molecule has 1 heterocycles. The number of pyridine rings is 1. The normalized spacial score (nSPS) is 9.88. The summed E-state index contributed by atoms with van der Waals surface area (Å²) in [5, 5.41) is 0. The first-order chi connectivity index (χ1) is 7.58. The number of nitrogens with zero attached hydrogens (tertiary/aromatic N) is 2. The Morgan fingerprint density at radius 2 is 2.31 bits per heavy atom. The number of aryl methyl sites for hydroxylation is 1. The summed E-state index contributed by atoms with van der Waals surface area (Å²) in [5.41, 5.74) is 6.53. The Hall–Kier alpha value is -1.91. The molecule has 0 fully saturated rings. The van der Waals surface area contributed by atoms with Gasteiger partial charge in [0, 0.05) is 18.3 Å². The molecule has 2 N–H and O–H groups in total. The molecule has 0 radical (unpaired) electrons. The van der Waals surface area contributed by atoms with E-state index in [0.29, 0.717) is 17.9 Å². The zero-order valence-electron chi connectivity index (χ0n) is 9.43. The summed E-state index contributed by atoms with van der Waals surface area (Å²) >= 11 is 0. The zero-order chi connectivity index (χ0) is 12.1. The van der Waals surface area contributed by atoms with Crippen molar-refractivity contribution in [2.75, 3.05) is 18.0 Å². The lowest BCUT2D eigenvalue weighted by molar-refractivity contribution is -0.116. The van der Waals surface area contributed by atoms with Crippen molar-refractivity contribution in [3.63, 3.8) is 0 Å². The Labute approximate surface area is 94.3 Å². The van der Waals surface area contributed by atoms with Crippen LogP contribution in [0.15, 0.2) is 12.3 Å². The second kappa shape index (κ2) is 5.25. The predicted molar refractivity (Wildman–Crippen MR) is 61.4 cm³/mol. The largest absolute Gasteiger partial charge is 0.368 e. The van der Waals surface area contributed by atoms with Crippen molar-refractivity contribution in [3.8, 4) is 0 Å². The van der Waals surface area contributed by atoms with Crippen LogP contribution in [0, 0.1) is 6.92 Å². The number of anilines is 1. The summed E-state index contributed by atoms with van der Waals surface area (Å²) in [6, 6.07) is 1.74. The number of aldehydes is 1. The first kappa shape index (κ1) is 12.2. The van der Waals surface area contributed by atoms with Crippen molar-refractivity contribution < 1.29 is 9.59 Å². The summed E-state index contributed by atoms with van der Waals surface area (Å²) < 4.78 is 0. The van der Waals surface area contributed by atoms with Gasteiger partial charge >= 0.3 is 0 Å². The first-order valence-corrected chi connectivity index (χ1v) is 5.03. The molecule has 0 aromatic carbocycles. The van der Waals surface area contributed by atoms with Crippen LogP contribution in [0.2, 0.25) is 0 Å². The van der Waals surface area contributed by atoms with E-state index in [1.54, 1.807) is 11.0 Å². The van der Waals surface area contributed by atoms with Gasteiger partial charge in [0.15, 0.2) is 6.29 Å². The van der Waals surface area contributed by atoms with Crippen LogP contribution < -0.4 is 10.6 Å². The molecule has 0 spiro atoms. The zero-order valence-corrected chi connectivity index (χ0v) is 9.43. The number of hydrogen-bond acceptors (Lipinski definition) is 4. The molecule has 0 unspecified atom stereocenters. The molecule has 0 atom stereocenters. The highest BCUT2D eigenvalue weighted by molar-refractivity contribution is 5.80. The van der Waals surface area contributed by atoms with Gasteiger partial charge in [-0.3, -0.25) is 9.59 Å². The highest BCUT2D eigenvalue weighted by Crippen LogP contribution is 2.16. The molecule has 1 amide bonds. The van der Waals surface area contributed by atoms with Crippen molar-refractivity contribution >= 4 is 18.0 Å². The Bertz CT molecular complexity index is 404.